The third-order valence-corrected chi connectivity index (χ3v) is 6.69. The van der Waals surface area contributed by atoms with Gasteiger partial charge >= 0.3 is 0 Å². The Kier molecular flexibility index (Phi) is 25.3. The minimum absolute atomic E-state index is 0.151. The average Bonchev–Trinajstić information content (AvgIpc) is 3.05. The van der Waals surface area contributed by atoms with Gasteiger partial charge in [0, 0.05) is 17.8 Å². The van der Waals surface area contributed by atoms with Gasteiger partial charge in [-0.1, -0.05) is 172 Å². The van der Waals surface area contributed by atoms with E-state index in [9.17, 15) is 0 Å². The Morgan fingerprint density at radius 2 is 1.52 bits per heavy atom. The minimum Gasteiger partial charge on any atom is -0.382 e. The maximum absolute atomic E-state index is 5.34. The van der Waals surface area contributed by atoms with Crippen LogP contribution in [0.4, 0.5) is 0 Å². The zero-order valence-electron chi connectivity index (χ0n) is 30.3. The van der Waals surface area contributed by atoms with E-state index in [-0.39, 0.29) is 11.5 Å². The third kappa shape index (κ3) is 19.8. The summed E-state index contributed by atoms with van der Waals surface area (Å²) in [6.07, 6.45) is 20.8. The molecule has 0 fully saturated rings. The summed E-state index contributed by atoms with van der Waals surface area (Å²) in [5.74, 6) is 0.657. The van der Waals surface area contributed by atoms with Crippen molar-refractivity contribution in [1.82, 2.24) is 5.32 Å². The molecule has 0 saturated heterocycles. The van der Waals surface area contributed by atoms with E-state index >= 15 is 0 Å². The standard InChI is InChI=1S/C16H25N.C16H18.C6H11N.2C2H6/c1-6-14(16(3,4)5)12-13(2)17-15-10-8-7-9-11-15;1-3-13(2)14-9-11-16(12-10-14)15-7-5-4-6-8-15;1-3-4-5-6(2)7;2*1-2/h6-10,12,15,17H,11H2,1-5H3;4-13H,3H2,1-2H3;3-6H,1,7H2,2H3;2*1-2H3/b13-12-,14-6+;;5-4-;;/t15-;13-;;;/m01.../s1. The monoisotopic (exact) mass is 599 g/mol. The number of allylic oxidation sites excluding steroid dienone is 8. The SMILES string of the molecule is C/C=C(\C=C(\C)N[C@H]1C=CC=CC1)C(C)(C)C.C=C/C=C\C(C)N.CC.CC.CC[C@@H](C)c1ccc(-c2ccccc2)cc1. The lowest BCUT2D eigenvalue weighted by atomic mass is 9.86. The van der Waals surface area contributed by atoms with Crippen LogP contribution in [0.2, 0.25) is 0 Å². The van der Waals surface area contributed by atoms with E-state index < -0.39 is 0 Å². The van der Waals surface area contributed by atoms with Crippen LogP contribution in [-0.2, 0) is 0 Å². The van der Waals surface area contributed by atoms with E-state index in [0.29, 0.717) is 12.0 Å². The summed E-state index contributed by atoms with van der Waals surface area (Å²) in [4.78, 5) is 0. The van der Waals surface area contributed by atoms with Gasteiger partial charge in [-0.3, -0.25) is 0 Å². The predicted molar refractivity (Wildman–Crippen MR) is 203 cm³/mol. The molecule has 0 aromatic heterocycles. The molecular formula is C42H66N2. The first-order chi connectivity index (χ1) is 21.0. The van der Waals surface area contributed by atoms with Gasteiger partial charge in [0.05, 0.1) is 0 Å². The highest BCUT2D eigenvalue weighted by Gasteiger charge is 2.14. The molecule has 2 nitrogen and oxygen atoms in total. The van der Waals surface area contributed by atoms with Crippen molar-refractivity contribution < 1.29 is 0 Å². The van der Waals surface area contributed by atoms with E-state index in [4.69, 9.17) is 5.73 Å². The van der Waals surface area contributed by atoms with Crippen LogP contribution in [-0.4, -0.2) is 12.1 Å². The van der Waals surface area contributed by atoms with Crippen LogP contribution in [0.15, 0.2) is 127 Å². The van der Waals surface area contributed by atoms with Gasteiger partial charge in [-0.2, -0.15) is 0 Å². The van der Waals surface area contributed by atoms with Gasteiger partial charge in [0.1, 0.15) is 0 Å². The van der Waals surface area contributed by atoms with E-state index in [1.807, 2.05) is 46.8 Å². The maximum Gasteiger partial charge on any atom is 0.0478 e. The van der Waals surface area contributed by atoms with E-state index in [0.717, 1.165) is 6.42 Å². The molecule has 44 heavy (non-hydrogen) atoms. The van der Waals surface area contributed by atoms with Crippen LogP contribution in [0, 0.1) is 5.41 Å². The molecule has 0 bridgehead atoms. The lowest BCUT2D eigenvalue weighted by Gasteiger charge is -2.22. The Labute approximate surface area is 273 Å². The van der Waals surface area contributed by atoms with Crippen molar-refractivity contribution in [2.45, 2.75) is 114 Å². The van der Waals surface area contributed by atoms with Crippen molar-refractivity contribution in [3.05, 3.63) is 133 Å². The second-order valence-corrected chi connectivity index (χ2v) is 11.4. The number of nitrogens with two attached hydrogens (primary N) is 1. The van der Waals surface area contributed by atoms with E-state index in [2.05, 4.69) is 151 Å². The van der Waals surface area contributed by atoms with Gasteiger partial charge in [-0.25, -0.2) is 0 Å². The fourth-order valence-corrected chi connectivity index (χ4v) is 4.11. The highest BCUT2D eigenvalue weighted by molar-refractivity contribution is 5.63. The molecule has 244 valence electrons. The van der Waals surface area contributed by atoms with Crippen molar-refractivity contribution in [3.8, 4) is 11.1 Å². The first-order valence-electron chi connectivity index (χ1n) is 16.7. The zero-order chi connectivity index (χ0) is 34.0. The highest BCUT2D eigenvalue weighted by atomic mass is 14.9. The van der Waals surface area contributed by atoms with Crippen LogP contribution < -0.4 is 11.1 Å². The lowest BCUT2D eigenvalue weighted by molar-refractivity contribution is 0.514. The maximum atomic E-state index is 5.34. The smallest absolute Gasteiger partial charge is 0.0478 e. The Morgan fingerprint density at radius 3 is 1.93 bits per heavy atom. The number of hydrogen-bond donors (Lipinski definition) is 2. The van der Waals surface area contributed by atoms with Crippen molar-refractivity contribution in [3.63, 3.8) is 0 Å². The first kappa shape index (κ1) is 42.8. The van der Waals surface area contributed by atoms with Crippen molar-refractivity contribution >= 4 is 0 Å². The third-order valence-electron chi connectivity index (χ3n) is 6.69. The molecule has 1 aliphatic rings. The molecule has 0 heterocycles. The molecular weight excluding hydrogens is 532 g/mol. The van der Waals surface area contributed by atoms with Crippen molar-refractivity contribution in [2.75, 3.05) is 0 Å². The zero-order valence-corrected chi connectivity index (χ0v) is 30.3. The Morgan fingerprint density at radius 1 is 0.955 bits per heavy atom. The van der Waals surface area contributed by atoms with Gasteiger partial charge in [0.15, 0.2) is 0 Å². The average molecular weight is 599 g/mol. The molecule has 1 aliphatic carbocycles. The molecule has 0 saturated carbocycles. The molecule has 0 radical (unpaired) electrons. The second kappa shape index (κ2) is 26.1. The number of benzene rings is 2. The van der Waals surface area contributed by atoms with Crippen molar-refractivity contribution in [1.29, 1.82) is 0 Å². The molecule has 0 amide bonds. The van der Waals surface area contributed by atoms with Crippen molar-refractivity contribution in [2.24, 2.45) is 11.1 Å². The first-order valence-corrected chi connectivity index (χ1v) is 16.7. The molecule has 0 aliphatic heterocycles. The second-order valence-electron chi connectivity index (χ2n) is 11.4. The lowest BCUT2D eigenvalue weighted by Crippen LogP contribution is -2.26. The number of hydrogen-bond acceptors (Lipinski definition) is 2. The summed E-state index contributed by atoms with van der Waals surface area (Å²) in [7, 11) is 0. The minimum atomic E-state index is 0.151. The predicted octanol–water partition coefficient (Wildman–Crippen LogP) is 12.4. The fourth-order valence-electron chi connectivity index (χ4n) is 4.11. The summed E-state index contributed by atoms with van der Waals surface area (Å²) >= 11 is 0. The van der Waals surface area contributed by atoms with Crippen LogP contribution in [0.5, 0.6) is 0 Å². The highest BCUT2D eigenvalue weighted by Crippen LogP contribution is 2.27. The fraction of sp³-hybridized carbons (Fsp3) is 0.429. The molecule has 1 unspecified atom stereocenters. The molecule has 3 rings (SSSR count). The van der Waals surface area contributed by atoms with Crippen LogP contribution in [0.3, 0.4) is 0 Å². The Hall–Kier alpha value is -3.36. The summed E-state index contributed by atoms with van der Waals surface area (Å²) in [5, 5.41) is 3.54. The van der Waals surface area contributed by atoms with Gasteiger partial charge in [-0.15, -0.1) is 0 Å². The molecule has 2 aromatic rings. The number of rotatable bonds is 8. The summed E-state index contributed by atoms with van der Waals surface area (Å²) in [6.45, 7) is 28.9. The molecule has 0 spiro atoms. The largest absolute Gasteiger partial charge is 0.382 e. The topological polar surface area (TPSA) is 38.0 Å². The Bertz CT molecular complexity index is 1120. The normalized spacial score (nSPS) is 15.5. The molecule has 3 atom stereocenters. The molecule has 2 aromatic carbocycles. The van der Waals surface area contributed by atoms with Gasteiger partial charge < -0.3 is 11.1 Å². The van der Waals surface area contributed by atoms with Crippen LogP contribution in [0.1, 0.15) is 107 Å². The quantitative estimate of drug-likeness (QED) is 0.297. The summed E-state index contributed by atoms with van der Waals surface area (Å²) < 4.78 is 0. The van der Waals surface area contributed by atoms with Gasteiger partial charge in [0.25, 0.3) is 0 Å². The summed E-state index contributed by atoms with van der Waals surface area (Å²) in [6, 6.07) is 20.0. The van der Waals surface area contributed by atoms with Gasteiger partial charge in [0.2, 0.25) is 0 Å². The van der Waals surface area contributed by atoms with E-state index in [1.54, 1.807) is 6.08 Å². The Balaban J connectivity index is 0. The summed E-state index contributed by atoms with van der Waals surface area (Å²) in [5.41, 5.74) is 12.2. The molecule has 3 N–H and O–H groups in total. The molecule has 2 heteroatoms. The van der Waals surface area contributed by atoms with Gasteiger partial charge in [-0.05, 0) is 73.3 Å². The van der Waals surface area contributed by atoms with Crippen LogP contribution >= 0.6 is 0 Å². The van der Waals surface area contributed by atoms with E-state index in [1.165, 1.54) is 34.4 Å². The van der Waals surface area contributed by atoms with Crippen LogP contribution in [0.25, 0.3) is 11.1 Å². The number of nitrogens with one attached hydrogen (secondary N) is 1.